The lowest BCUT2D eigenvalue weighted by molar-refractivity contribution is 0.0227. The predicted molar refractivity (Wildman–Crippen MR) is 60.7 cm³/mol. The molecule has 1 aromatic carbocycles. The molecular formula is C9H9BrFN3O3. The van der Waals surface area contributed by atoms with Gasteiger partial charge in [-0.05, 0) is 17.7 Å². The second-order valence-electron chi connectivity index (χ2n) is 3.25. The lowest BCUT2D eigenvalue weighted by atomic mass is 10.0. The predicted octanol–water partition coefficient (Wildman–Crippen LogP) is 2.00. The fourth-order valence-corrected chi connectivity index (χ4v) is 1.69. The fraction of sp³-hybridized carbons (Fsp3) is 0.333. The van der Waals surface area contributed by atoms with Crippen molar-refractivity contribution >= 4 is 15.9 Å². The molecule has 1 rings (SSSR count). The minimum absolute atomic E-state index is 0.183. The summed E-state index contributed by atoms with van der Waals surface area (Å²) < 4.78 is 13.5. The highest BCUT2D eigenvalue weighted by Crippen LogP contribution is 2.32. The standard InChI is InChI=1S/C9H9BrFN3O3/c10-4-1-5(8(16)6(11)2-4)9(17)7(15)3-13-14-12/h1-2,7,9,15-17H,3H2. The number of azide groups is 1. The molecule has 2 unspecified atom stereocenters. The van der Waals surface area contributed by atoms with E-state index in [1.807, 2.05) is 0 Å². The molecule has 17 heavy (non-hydrogen) atoms. The molecule has 0 amide bonds. The molecule has 0 radical (unpaired) electrons. The molecule has 3 N–H and O–H groups in total. The summed E-state index contributed by atoms with van der Waals surface area (Å²) in [6.07, 6.45) is -2.97. The number of benzene rings is 1. The highest BCUT2D eigenvalue weighted by Gasteiger charge is 2.23. The van der Waals surface area contributed by atoms with Gasteiger partial charge in [0.15, 0.2) is 11.6 Å². The molecule has 2 atom stereocenters. The summed E-state index contributed by atoms with van der Waals surface area (Å²) in [6.45, 7) is -0.384. The summed E-state index contributed by atoms with van der Waals surface area (Å²) in [5, 5.41) is 31.6. The molecule has 0 saturated heterocycles. The number of halogens is 2. The van der Waals surface area contributed by atoms with Crippen molar-refractivity contribution in [2.75, 3.05) is 6.54 Å². The normalized spacial score (nSPS) is 13.9. The maximum Gasteiger partial charge on any atom is 0.166 e. The number of hydrogen-bond donors (Lipinski definition) is 3. The molecule has 1 aromatic rings. The van der Waals surface area contributed by atoms with Crippen LogP contribution in [0.15, 0.2) is 21.7 Å². The number of aliphatic hydroxyl groups is 2. The Morgan fingerprint density at radius 1 is 1.47 bits per heavy atom. The third kappa shape index (κ3) is 3.31. The average Bonchev–Trinajstić information content (AvgIpc) is 2.29. The molecule has 6 nitrogen and oxygen atoms in total. The molecular weight excluding hydrogens is 297 g/mol. The van der Waals surface area contributed by atoms with Crippen LogP contribution < -0.4 is 0 Å². The first-order chi connectivity index (χ1) is 7.97. The van der Waals surface area contributed by atoms with Crippen LogP contribution in [0, 0.1) is 5.82 Å². The Balaban J connectivity index is 3.02. The van der Waals surface area contributed by atoms with Gasteiger partial charge in [0.1, 0.15) is 6.10 Å². The highest BCUT2D eigenvalue weighted by molar-refractivity contribution is 9.10. The number of aromatic hydroxyl groups is 1. The zero-order chi connectivity index (χ0) is 13.0. The first kappa shape index (κ1) is 13.7. The molecule has 0 heterocycles. The van der Waals surface area contributed by atoms with Gasteiger partial charge >= 0.3 is 0 Å². The van der Waals surface area contributed by atoms with Crippen molar-refractivity contribution in [1.29, 1.82) is 0 Å². The van der Waals surface area contributed by atoms with Crippen molar-refractivity contribution in [3.63, 3.8) is 0 Å². The fourth-order valence-electron chi connectivity index (χ4n) is 1.24. The quantitative estimate of drug-likeness (QED) is 0.449. The third-order valence-electron chi connectivity index (χ3n) is 2.07. The largest absolute Gasteiger partial charge is 0.505 e. The Bertz CT molecular complexity index is 465. The Morgan fingerprint density at radius 2 is 2.12 bits per heavy atom. The van der Waals surface area contributed by atoms with Gasteiger partial charge in [-0.25, -0.2) is 4.39 Å². The molecule has 0 saturated carbocycles. The topological polar surface area (TPSA) is 109 Å². The van der Waals surface area contributed by atoms with Gasteiger partial charge in [0, 0.05) is 14.9 Å². The van der Waals surface area contributed by atoms with Crippen LogP contribution in [0.3, 0.4) is 0 Å². The third-order valence-corrected chi connectivity index (χ3v) is 2.53. The van der Waals surface area contributed by atoms with E-state index in [0.717, 1.165) is 6.07 Å². The summed E-state index contributed by atoms with van der Waals surface area (Å²) in [6, 6.07) is 2.29. The molecule has 0 aliphatic heterocycles. The van der Waals surface area contributed by atoms with E-state index < -0.39 is 23.8 Å². The van der Waals surface area contributed by atoms with Crippen LogP contribution in [0.4, 0.5) is 4.39 Å². The van der Waals surface area contributed by atoms with E-state index in [0.29, 0.717) is 4.47 Å². The van der Waals surface area contributed by atoms with E-state index in [1.165, 1.54) is 6.07 Å². The second-order valence-corrected chi connectivity index (χ2v) is 4.17. The van der Waals surface area contributed by atoms with E-state index >= 15 is 0 Å². The van der Waals surface area contributed by atoms with Crippen molar-refractivity contribution in [2.24, 2.45) is 5.11 Å². The van der Waals surface area contributed by atoms with E-state index in [-0.39, 0.29) is 12.1 Å². The SMILES string of the molecule is [N-]=[N+]=NCC(O)C(O)c1cc(Br)cc(F)c1O. The van der Waals surface area contributed by atoms with Gasteiger partial charge < -0.3 is 15.3 Å². The molecule has 0 bridgehead atoms. The van der Waals surface area contributed by atoms with E-state index in [1.54, 1.807) is 0 Å². The van der Waals surface area contributed by atoms with E-state index in [2.05, 4.69) is 26.0 Å². The molecule has 0 aliphatic carbocycles. The molecule has 0 spiro atoms. The first-order valence-corrected chi connectivity index (χ1v) is 5.31. The molecule has 8 heteroatoms. The van der Waals surface area contributed by atoms with Gasteiger partial charge in [-0.2, -0.15) is 0 Å². The number of aliphatic hydroxyl groups excluding tert-OH is 2. The Labute approximate surface area is 104 Å². The maximum atomic E-state index is 13.2. The second kappa shape index (κ2) is 5.83. The first-order valence-electron chi connectivity index (χ1n) is 4.52. The van der Waals surface area contributed by atoms with E-state index in [9.17, 15) is 19.7 Å². The number of rotatable bonds is 4. The lowest BCUT2D eigenvalue weighted by Crippen LogP contribution is -2.21. The smallest absolute Gasteiger partial charge is 0.166 e. The summed E-state index contributed by atoms with van der Waals surface area (Å²) in [5.74, 6) is -1.68. The minimum atomic E-state index is -1.55. The van der Waals surface area contributed by atoms with Gasteiger partial charge in [0.2, 0.25) is 0 Å². The Morgan fingerprint density at radius 3 is 2.71 bits per heavy atom. The van der Waals surface area contributed by atoms with Crippen LogP contribution in [0.2, 0.25) is 0 Å². The molecule has 0 fully saturated rings. The number of phenols is 1. The zero-order valence-corrected chi connectivity index (χ0v) is 10.0. The van der Waals surface area contributed by atoms with Crippen LogP contribution in [-0.2, 0) is 0 Å². The summed E-state index contributed by atoms with van der Waals surface area (Å²) in [5.41, 5.74) is 7.88. The average molecular weight is 306 g/mol. The van der Waals surface area contributed by atoms with Crippen molar-refractivity contribution in [2.45, 2.75) is 12.2 Å². The molecule has 92 valence electrons. The van der Waals surface area contributed by atoms with Gasteiger partial charge in [0.05, 0.1) is 12.6 Å². The van der Waals surface area contributed by atoms with Crippen LogP contribution >= 0.6 is 15.9 Å². The zero-order valence-electron chi connectivity index (χ0n) is 8.46. The Hall–Kier alpha value is -1.34. The summed E-state index contributed by atoms with van der Waals surface area (Å²) >= 11 is 2.99. The van der Waals surface area contributed by atoms with Crippen LogP contribution in [-0.4, -0.2) is 28.0 Å². The van der Waals surface area contributed by atoms with Crippen molar-refractivity contribution < 1.29 is 19.7 Å². The number of nitrogens with zero attached hydrogens (tertiary/aromatic N) is 3. The number of phenolic OH excluding ortho intramolecular Hbond substituents is 1. The van der Waals surface area contributed by atoms with Crippen molar-refractivity contribution in [1.82, 2.24) is 0 Å². The van der Waals surface area contributed by atoms with Gasteiger partial charge in [-0.1, -0.05) is 21.0 Å². The van der Waals surface area contributed by atoms with Crippen LogP contribution in [0.25, 0.3) is 10.4 Å². The van der Waals surface area contributed by atoms with Crippen LogP contribution in [0.5, 0.6) is 5.75 Å². The summed E-state index contributed by atoms with van der Waals surface area (Å²) in [4.78, 5) is 2.42. The maximum absolute atomic E-state index is 13.2. The van der Waals surface area contributed by atoms with Gasteiger partial charge in [0.25, 0.3) is 0 Å². The molecule has 0 aromatic heterocycles. The Kier molecular flexibility index (Phi) is 4.71. The van der Waals surface area contributed by atoms with Crippen LogP contribution in [0.1, 0.15) is 11.7 Å². The van der Waals surface area contributed by atoms with E-state index in [4.69, 9.17) is 5.53 Å². The molecule has 0 aliphatic rings. The summed E-state index contributed by atoms with van der Waals surface area (Å²) in [7, 11) is 0. The number of hydrogen-bond acceptors (Lipinski definition) is 4. The highest BCUT2D eigenvalue weighted by atomic mass is 79.9. The lowest BCUT2D eigenvalue weighted by Gasteiger charge is -2.17. The van der Waals surface area contributed by atoms with Gasteiger partial charge in [-0.3, -0.25) is 0 Å². The minimum Gasteiger partial charge on any atom is -0.505 e. The monoisotopic (exact) mass is 305 g/mol. The van der Waals surface area contributed by atoms with Crippen molar-refractivity contribution in [3.8, 4) is 5.75 Å². The van der Waals surface area contributed by atoms with Gasteiger partial charge in [-0.15, -0.1) is 0 Å². The van der Waals surface area contributed by atoms with Crippen molar-refractivity contribution in [3.05, 3.63) is 38.4 Å².